The Balaban J connectivity index is 1.35. The summed E-state index contributed by atoms with van der Waals surface area (Å²) in [6.45, 7) is 2.73. The van der Waals surface area contributed by atoms with Crippen LogP contribution in [0.1, 0.15) is 17.3 Å². The lowest BCUT2D eigenvalue weighted by molar-refractivity contribution is -0.113. The molecule has 4 rings (SSSR count). The van der Waals surface area contributed by atoms with Gasteiger partial charge in [-0.05, 0) is 60.8 Å². The lowest BCUT2D eigenvalue weighted by Crippen LogP contribution is -2.15. The van der Waals surface area contributed by atoms with Crippen LogP contribution in [-0.4, -0.2) is 32.3 Å². The number of hydrogen-bond acceptors (Lipinski definition) is 6. The molecule has 4 aromatic rings. The number of benzene rings is 2. The largest absolute Gasteiger partial charge is 0.325 e. The molecule has 0 aliphatic heterocycles. The van der Waals surface area contributed by atoms with Gasteiger partial charge >= 0.3 is 0 Å². The lowest BCUT2D eigenvalue weighted by atomic mass is 10.2. The van der Waals surface area contributed by atoms with Crippen LogP contribution in [0.3, 0.4) is 0 Å². The molecule has 0 unspecified atom stereocenters. The van der Waals surface area contributed by atoms with Crippen LogP contribution in [0.5, 0.6) is 0 Å². The number of rotatable bonds is 8. The van der Waals surface area contributed by atoms with E-state index in [1.165, 1.54) is 11.8 Å². The van der Waals surface area contributed by atoms with Crippen molar-refractivity contribution in [3.05, 3.63) is 76.6 Å². The predicted octanol–water partition coefficient (Wildman–Crippen LogP) is 5.66. The van der Waals surface area contributed by atoms with Crippen molar-refractivity contribution in [2.75, 3.05) is 16.4 Å². The van der Waals surface area contributed by atoms with Crippen LogP contribution in [0.25, 0.3) is 10.7 Å². The Morgan fingerprint density at radius 1 is 1.03 bits per heavy atom. The summed E-state index contributed by atoms with van der Waals surface area (Å²) in [7, 11) is 0. The van der Waals surface area contributed by atoms with Gasteiger partial charge in [-0.15, -0.1) is 21.5 Å². The normalized spacial score (nSPS) is 10.7. The second-order valence-corrected chi connectivity index (χ2v) is 9.23. The Morgan fingerprint density at radius 3 is 2.48 bits per heavy atom. The summed E-state index contributed by atoms with van der Waals surface area (Å²) in [6.07, 6.45) is 0. The Kier molecular flexibility index (Phi) is 7.43. The van der Waals surface area contributed by atoms with E-state index in [-0.39, 0.29) is 17.6 Å². The molecule has 0 saturated heterocycles. The second-order valence-electron chi connectivity index (χ2n) is 6.91. The average molecular weight is 498 g/mol. The van der Waals surface area contributed by atoms with Crippen molar-refractivity contribution in [2.24, 2.45) is 0 Å². The molecular formula is C23H20ClN5O2S2. The van der Waals surface area contributed by atoms with Crippen molar-refractivity contribution in [3.63, 3.8) is 0 Å². The first-order valence-electron chi connectivity index (χ1n) is 10.1. The smallest absolute Gasteiger partial charge is 0.255 e. The van der Waals surface area contributed by atoms with Gasteiger partial charge in [0.15, 0.2) is 11.0 Å². The van der Waals surface area contributed by atoms with E-state index in [0.29, 0.717) is 33.7 Å². The zero-order valence-electron chi connectivity index (χ0n) is 17.6. The van der Waals surface area contributed by atoms with E-state index in [1.807, 2.05) is 29.0 Å². The van der Waals surface area contributed by atoms with Gasteiger partial charge in [0, 0.05) is 28.5 Å². The highest BCUT2D eigenvalue weighted by Crippen LogP contribution is 2.27. The quantitative estimate of drug-likeness (QED) is 0.306. The molecule has 2 aromatic carbocycles. The molecule has 0 aliphatic rings. The third kappa shape index (κ3) is 5.81. The molecule has 168 valence electrons. The third-order valence-corrected chi connectivity index (χ3v) is 6.70. The minimum atomic E-state index is -0.258. The summed E-state index contributed by atoms with van der Waals surface area (Å²) in [5.41, 5.74) is 1.66. The van der Waals surface area contributed by atoms with E-state index in [1.54, 1.807) is 59.9 Å². The van der Waals surface area contributed by atoms with E-state index < -0.39 is 0 Å². The van der Waals surface area contributed by atoms with Gasteiger partial charge < -0.3 is 15.2 Å². The number of carbonyl (C=O) groups excluding carboxylic acids is 2. The summed E-state index contributed by atoms with van der Waals surface area (Å²) < 4.78 is 2.00. The third-order valence-electron chi connectivity index (χ3n) is 4.62. The first-order valence-corrected chi connectivity index (χ1v) is 12.3. The first kappa shape index (κ1) is 23.0. The highest BCUT2D eigenvalue weighted by atomic mass is 35.5. The highest BCUT2D eigenvalue weighted by Gasteiger charge is 2.15. The summed E-state index contributed by atoms with van der Waals surface area (Å²) in [4.78, 5) is 26.0. The SMILES string of the molecule is CCn1c(SCC(=O)Nc2cccc(NC(=O)c3ccc(Cl)cc3)c2)nnc1-c1cccs1. The van der Waals surface area contributed by atoms with E-state index in [4.69, 9.17) is 11.6 Å². The average Bonchev–Trinajstić information content (AvgIpc) is 3.48. The van der Waals surface area contributed by atoms with Gasteiger partial charge in [-0.25, -0.2) is 0 Å². The number of aromatic nitrogens is 3. The van der Waals surface area contributed by atoms with Crippen LogP contribution < -0.4 is 10.6 Å². The number of thiophene rings is 1. The maximum absolute atomic E-state index is 12.5. The molecule has 2 aromatic heterocycles. The Morgan fingerprint density at radius 2 is 1.79 bits per heavy atom. The molecule has 10 heteroatoms. The minimum Gasteiger partial charge on any atom is -0.325 e. The Hall–Kier alpha value is -3.14. The van der Waals surface area contributed by atoms with Crippen LogP contribution in [0.4, 0.5) is 11.4 Å². The van der Waals surface area contributed by atoms with E-state index in [9.17, 15) is 9.59 Å². The van der Waals surface area contributed by atoms with E-state index >= 15 is 0 Å². The first-order chi connectivity index (χ1) is 16.0. The molecule has 0 radical (unpaired) electrons. The summed E-state index contributed by atoms with van der Waals surface area (Å²) in [6, 6.07) is 17.6. The van der Waals surface area contributed by atoms with Crippen LogP contribution in [0.15, 0.2) is 71.2 Å². The Bertz CT molecular complexity index is 1260. The molecule has 0 atom stereocenters. The number of thioether (sulfide) groups is 1. The molecule has 0 fully saturated rings. The van der Waals surface area contributed by atoms with Gasteiger partial charge in [0.25, 0.3) is 5.91 Å². The maximum atomic E-state index is 12.5. The maximum Gasteiger partial charge on any atom is 0.255 e. The molecule has 0 spiro atoms. The molecule has 7 nitrogen and oxygen atoms in total. The van der Waals surface area contributed by atoms with Gasteiger partial charge in [-0.3, -0.25) is 9.59 Å². The van der Waals surface area contributed by atoms with Gasteiger partial charge in [0.2, 0.25) is 5.91 Å². The summed E-state index contributed by atoms with van der Waals surface area (Å²) in [5, 5.41) is 17.5. The zero-order chi connectivity index (χ0) is 23.2. The summed E-state index contributed by atoms with van der Waals surface area (Å²) >= 11 is 8.80. The van der Waals surface area contributed by atoms with Crippen LogP contribution in [0.2, 0.25) is 5.02 Å². The zero-order valence-corrected chi connectivity index (χ0v) is 20.0. The number of halogens is 1. The van der Waals surface area contributed by atoms with Crippen LogP contribution in [-0.2, 0) is 11.3 Å². The molecular weight excluding hydrogens is 478 g/mol. The fourth-order valence-corrected chi connectivity index (χ4v) is 4.72. The predicted molar refractivity (Wildman–Crippen MR) is 134 cm³/mol. The Labute approximate surface area is 204 Å². The number of nitrogens with zero attached hydrogens (tertiary/aromatic N) is 3. The molecule has 0 bridgehead atoms. The van der Waals surface area contributed by atoms with Gasteiger partial charge in [-0.2, -0.15) is 0 Å². The number of hydrogen-bond donors (Lipinski definition) is 2. The topological polar surface area (TPSA) is 88.9 Å². The van der Waals surface area contributed by atoms with Crippen molar-refractivity contribution in [3.8, 4) is 10.7 Å². The molecule has 2 N–H and O–H groups in total. The fourth-order valence-electron chi connectivity index (χ4n) is 3.07. The van der Waals surface area contributed by atoms with Crippen molar-refractivity contribution >= 4 is 57.9 Å². The fraction of sp³-hybridized carbons (Fsp3) is 0.130. The summed E-state index contributed by atoms with van der Waals surface area (Å²) in [5.74, 6) is 0.555. The minimum absolute atomic E-state index is 0.176. The monoisotopic (exact) mass is 497 g/mol. The molecule has 33 heavy (non-hydrogen) atoms. The van der Waals surface area contributed by atoms with E-state index in [2.05, 4.69) is 20.8 Å². The number of anilines is 2. The number of amides is 2. The molecule has 2 amide bonds. The van der Waals surface area contributed by atoms with Gasteiger partial charge in [0.05, 0.1) is 10.6 Å². The standard InChI is InChI=1S/C23H20ClN5O2S2/c1-2-29-21(19-7-4-12-32-19)27-28-23(29)33-14-20(30)25-17-5-3-6-18(13-17)26-22(31)15-8-10-16(24)11-9-15/h3-13H,2,14H2,1H3,(H,25,30)(H,26,31). The number of nitrogens with one attached hydrogen (secondary N) is 2. The number of carbonyl (C=O) groups is 2. The highest BCUT2D eigenvalue weighted by molar-refractivity contribution is 7.99. The molecule has 0 saturated carbocycles. The van der Waals surface area contributed by atoms with Crippen LogP contribution >= 0.6 is 34.7 Å². The van der Waals surface area contributed by atoms with Crippen molar-refractivity contribution in [1.82, 2.24) is 14.8 Å². The molecule has 0 aliphatic carbocycles. The van der Waals surface area contributed by atoms with Gasteiger partial charge in [0.1, 0.15) is 0 Å². The van der Waals surface area contributed by atoms with Crippen molar-refractivity contribution < 1.29 is 9.59 Å². The van der Waals surface area contributed by atoms with E-state index in [0.717, 1.165) is 10.7 Å². The van der Waals surface area contributed by atoms with Gasteiger partial charge in [-0.1, -0.05) is 35.5 Å². The molecule has 2 heterocycles. The lowest BCUT2D eigenvalue weighted by Gasteiger charge is -2.09. The second kappa shape index (κ2) is 10.7. The van der Waals surface area contributed by atoms with Crippen molar-refractivity contribution in [1.29, 1.82) is 0 Å². The van der Waals surface area contributed by atoms with Crippen molar-refractivity contribution in [2.45, 2.75) is 18.6 Å². The van der Waals surface area contributed by atoms with Crippen LogP contribution in [0, 0.1) is 0 Å².